The molecule has 1 nitrogen and oxygen atoms in total. The van der Waals surface area contributed by atoms with E-state index in [1.807, 2.05) is 6.07 Å². The Hall–Kier alpha value is -0.830. The summed E-state index contributed by atoms with van der Waals surface area (Å²) in [5.41, 5.74) is 2.81. The highest BCUT2D eigenvalue weighted by Gasteiger charge is 2.22. The zero-order chi connectivity index (χ0) is 13.8. The van der Waals surface area contributed by atoms with Gasteiger partial charge < -0.3 is 5.32 Å². The van der Waals surface area contributed by atoms with Crippen molar-refractivity contribution >= 4 is 22.9 Å². The molecule has 1 aliphatic carbocycles. The van der Waals surface area contributed by atoms with Gasteiger partial charge in [-0.15, -0.1) is 0 Å². The summed E-state index contributed by atoms with van der Waals surface area (Å²) in [6, 6.07) is 11.3. The predicted molar refractivity (Wildman–Crippen MR) is 87.9 cm³/mol. The summed E-state index contributed by atoms with van der Waals surface area (Å²) in [6.45, 7) is 1.06. The van der Waals surface area contributed by atoms with Gasteiger partial charge in [0.05, 0.1) is 0 Å². The molecule has 3 rings (SSSR count). The normalized spacial score (nSPS) is 16.2. The van der Waals surface area contributed by atoms with Crippen LogP contribution in [0.3, 0.4) is 0 Å². The molecule has 1 saturated carbocycles. The van der Waals surface area contributed by atoms with E-state index in [0.29, 0.717) is 5.92 Å². The molecule has 1 fully saturated rings. The summed E-state index contributed by atoms with van der Waals surface area (Å²) in [5.74, 6) is 0.550. The van der Waals surface area contributed by atoms with Gasteiger partial charge in [-0.1, -0.05) is 23.7 Å². The molecule has 1 aliphatic rings. The van der Waals surface area contributed by atoms with Gasteiger partial charge in [-0.2, -0.15) is 11.3 Å². The summed E-state index contributed by atoms with van der Waals surface area (Å²) in [4.78, 5) is 0. The van der Waals surface area contributed by atoms with Crippen molar-refractivity contribution in [3.8, 4) is 0 Å². The van der Waals surface area contributed by atoms with Crippen molar-refractivity contribution in [1.82, 2.24) is 5.32 Å². The molecule has 0 bridgehead atoms. The lowest BCUT2D eigenvalue weighted by Crippen LogP contribution is -2.24. The minimum Gasteiger partial charge on any atom is -0.313 e. The van der Waals surface area contributed by atoms with Gasteiger partial charge in [0, 0.05) is 17.6 Å². The molecule has 0 aliphatic heterocycles. The van der Waals surface area contributed by atoms with Crippen molar-refractivity contribution in [2.75, 3.05) is 6.54 Å². The topological polar surface area (TPSA) is 12.0 Å². The largest absolute Gasteiger partial charge is 0.313 e. The smallest absolute Gasteiger partial charge is 0.0408 e. The molecular weight excluding hydrogens is 286 g/mol. The first-order valence-corrected chi connectivity index (χ1v) is 8.63. The molecule has 1 N–H and O–H groups in total. The van der Waals surface area contributed by atoms with Crippen molar-refractivity contribution in [3.63, 3.8) is 0 Å². The van der Waals surface area contributed by atoms with Crippen LogP contribution in [0.25, 0.3) is 0 Å². The molecular formula is C17H20ClNS. The number of rotatable bonds is 7. The lowest BCUT2D eigenvalue weighted by Gasteiger charge is -2.18. The van der Waals surface area contributed by atoms with Crippen LogP contribution in [0.15, 0.2) is 41.1 Å². The number of benzene rings is 1. The molecule has 0 spiro atoms. The highest BCUT2D eigenvalue weighted by molar-refractivity contribution is 7.07. The Morgan fingerprint density at radius 3 is 2.90 bits per heavy atom. The molecule has 20 heavy (non-hydrogen) atoms. The molecule has 106 valence electrons. The third-order valence-corrected chi connectivity index (χ3v) is 4.88. The highest BCUT2D eigenvalue weighted by Crippen LogP contribution is 2.26. The predicted octanol–water partition coefficient (Wildman–Crippen LogP) is 4.87. The fraction of sp³-hybridized carbons (Fsp3) is 0.412. The average molecular weight is 306 g/mol. The molecule has 1 unspecified atom stereocenters. The summed E-state index contributed by atoms with van der Waals surface area (Å²) in [5, 5.41) is 8.92. The summed E-state index contributed by atoms with van der Waals surface area (Å²) in [7, 11) is 0. The van der Waals surface area contributed by atoms with Crippen molar-refractivity contribution in [1.29, 1.82) is 0 Å². The van der Waals surface area contributed by atoms with E-state index in [1.54, 1.807) is 11.3 Å². The fourth-order valence-electron chi connectivity index (χ4n) is 2.52. The molecule has 1 atom stereocenters. The highest BCUT2D eigenvalue weighted by atomic mass is 35.5. The van der Waals surface area contributed by atoms with E-state index in [-0.39, 0.29) is 0 Å². The molecule has 0 radical (unpaired) electrons. The lowest BCUT2D eigenvalue weighted by molar-refractivity contribution is 0.548. The first kappa shape index (κ1) is 14.1. The van der Waals surface area contributed by atoms with Crippen LogP contribution in [0.5, 0.6) is 0 Å². The van der Waals surface area contributed by atoms with E-state index in [2.05, 4.69) is 40.3 Å². The molecule has 2 aromatic rings. The van der Waals surface area contributed by atoms with Gasteiger partial charge in [0.15, 0.2) is 0 Å². The number of thiophene rings is 1. The van der Waals surface area contributed by atoms with Gasteiger partial charge in [-0.05, 0) is 71.7 Å². The lowest BCUT2D eigenvalue weighted by atomic mass is 9.93. The van der Waals surface area contributed by atoms with Crippen LogP contribution in [-0.4, -0.2) is 12.6 Å². The van der Waals surface area contributed by atoms with E-state index in [0.717, 1.165) is 24.0 Å². The first-order valence-electron chi connectivity index (χ1n) is 7.31. The SMILES string of the molecule is Clc1cccc(C(CCc2ccsc2)CNC2CC2)c1. The van der Waals surface area contributed by atoms with E-state index < -0.39 is 0 Å². The van der Waals surface area contributed by atoms with Crippen LogP contribution in [-0.2, 0) is 6.42 Å². The zero-order valence-corrected chi connectivity index (χ0v) is 13.1. The van der Waals surface area contributed by atoms with Crippen LogP contribution in [0.4, 0.5) is 0 Å². The van der Waals surface area contributed by atoms with E-state index in [1.165, 1.54) is 30.4 Å². The minimum absolute atomic E-state index is 0.550. The van der Waals surface area contributed by atoms with Gasteiger partial charge in [0.25, 0.3) is 0 Å². The minimum atomic E-state index is 0.550. The van der Waals surface area contributed by atoms with Crippen LogP contribution in [0.2, 0.25) is 5.02 Å². The maximum atomic E-state index is 6.14. The second-order valence-corrected chi connectivity index (χ2v) is 6.82. The number of aryl methyl sites for hydroxylation is 1. The van der Waals surface area contributed by atoms with Crippen LogP contribution in [0.1, 0.15) is 36.3 Å². The molecule has 0 saturated heterocycles. The van der Waals surface area contributed by atoms with Gasteiger partial charge in [0.1, 0.15) is 0 Å². The number of hydrogen-bond donors (Lipinski definition) is 1. The molecule has 1 aromatic carbocycles. The van der Waals surface area contributed by atoms with Gasteiger partial charge in [0.2, 0.25) is 0 Å². The molecule has 1 aromatic heterocycles. The summed E-state index contributed by atoms with van der Waals surface area (Å²) < 4.78 is 0. The van der Waals surface area contributed by atoms with Crippen molar-refractivity contribution in [2.45, 2.75) is 37.6 Å². The van der Waals surface area contributed by atoms with E-state index >= 15 is 0 Å². The van der Waals surface area contributed by atoms with E-state index in [9.17, 15) is 0 Å². The van der Waals surface area contributed by atoms with Gasteiger partial charge in [-0.3, -0.25) is 0 Å². The van der Waals surface area contributed by atoms with Crippen molar-refractivity contribution < 1.29 is 0 Å². The second-order valence-electron chi connectivity index (χ2n) is 5.60. The monoisotopic (exact) mass is 305 g/mol. The van der Waals surface area contributed by atoms with Crippen LogP contribution in [0, 0.1) is 0 Å². The van der Waals surface area contributed by atoms with Gasteiger partial charge in [-0.25, -0.2) is 0 Å². The summed E-state index contributed by atoms with van der Waals surface area (Å²) >= 11 is 7.93. The average Bonchev–Trinajstić information content (AvgIpc) is 3.13. The van der Waals surface area contributed by atoms with E-state index in [4.69, 9.17) is 11.6 Å². The Bertz CT molecular complexity index is 534. The molecule has 0 amide bonds. The number of nitrogens with one attached hydrogen (secondary N) is 1. The van der Waals surface area contributed by atoms with Crippen molar-refractivity contribution in [2.24, 2.45) is 0 Å². The van der Waals surface area contributed by atoms with Gasteiger partial charge >= 0.3 is 0 Å². The van der Waals surface area contributed by atoms with Crippen LogP contribution >= 0.6 is 22.9 Å². The Labute approximate surface area is 130 Å². The fourth-order valence-corrected chi connectivity index (χ4v) is 3.42. The first-order chi connectivity index (χ1) is 9.81. The maximum absolute atomic E-state index is 6.14. The number of hydrogen-bond acceptors (Lipinski definition) is 2. The quantitative estimate of drug-likeness (QED) is 0.769. The van der Waals surface area contributed by atoms with Crippen molar-refractivity contribution in [3.05, 3.63) is 57.2 Å². The third kappa shape index (κ3) is 4.08. The Morgan fingerprint density at radius 1 is 1.30 bits per heavy atom. The standard InChI is InChI=1S/C17H20ClNS/c18-16-3-1-2-14(10-16)15(11-19-17-6-7-17)5-4-13-8-9-20-12-13/h1-3,8-10,12,15,17,19H,4-7,11H2. The molecule has 1 heterocycles. The Morgan fingerprint density at radius 2 is 2.20 bits per heavy atom. The second kappa shape index (κ2) is 6.75. The Kier molecular flexibility index (Phi) is 4.77. The number of halogens is 1. The Balaban J connectivity index is 1.65. The third-order valence-electron chi connectivity index (χ3n) is 3.91. The van der Waals surface area contributed by atoms with Crippen LogP contribution < -0.4 is 5.32 Å². The molecule has 3 heteroatoms. The maximum Gasteiger partial charge on any atom is 0.0408 e. The zero-order valence-electron chi connectivity index (χ0n) is 11.5. The summed E-state index contributed by atoms with van der Waals surface area (Å²) in [6.07, 6.45) is 5.00.